The van der Waals surface area contributed by atoms with Crippen LogP contribution in [-0.4, -0.2) is 18.5 Å². The van der Waals surface area contributed by atoms with E-state index in [1.165, 1.54) is 0 Å². The Balaban J connectivity index is 2.86. The minimum Gasteiger partial charge on any atom is -0.316 e. The number of rotatable bonds is 5. The monoisotopic (exact) mass is 160 g/mol. The van der Waals surface area contributed by atoms with E-state index in [1.807, 2.05) is 6.92 Å². The standard InChI is InChI=1S/C7H13ClN2/c1-7(8)3-6-10-5-2-4-9/h7,10H,2-3,5-6H2,1H3. The second-order valence-electron chi connectivity index (χ2n) is 2.23. The molecule has 0 aromatic rings. The topological polar surface area (TPSA) is 35.8 Å². The van der Waals surface area contributed by atoms with Gasteiger partial charge in [-0.1, -0.05) is 0 Å². The quantitative estimate of drug-likeness (QED) is 0.489. The molecule has 0 rings (SSSR count). The molecular formula is C7H13ClN2. The maximum Gasteiger partial charge on any atom is 0.0635 e. The van der Waals surface area contributed by atoms with Crippen molar-refractivity contribution in [1.29, 1.82) is 5.26 Å². The molecule has 10 heavy (non-hydrogen) atoms. The maximum absolute atomic E-state index is 8.16. The summed E-state index contributed by atoms with van der Waals surface area (Å²) in [7, 11) is 0. The van der Waals surface area contributed by atoms with Gasteiger partial charge in [-0.05, 0) is 19.9 Å². The first kappa shape index (κ1) is 9.74. The normalized spacial score (nSPS) is 12.5. The molecule has 3 heteroatoms. The van der Waals surface area contributed by atoms with Crippen molar-refractivity contribution in [2.24, 2.45) is 0 Å². The van der Waals surface area contributed by atoms with Gasteiger partial charge in [0.2, 0.25) is 0 Å². The number of nitriles is 1. The minimum atomic E-state index is 0.231. The van der Waals surface area contributed by atoms with Crippen LogP contribution in [0.4, 0.5) is 0 Å². The molecule has 2 nitrogen and oxygen atoms in total. The lowest BCUT2D eigenvalue weighted by Crippen LogP contribution is -2.18. The molecule has 0 spiro atoms. The number of alkyl halides is 1. The number of nitrogens with zero attached hydrogens (tertiary/aromatic N) is 1. The Kier molecular flexibility index (Phi) is 6.68. The van der Waals surface area contributed by atoms with E-state index in [1.54, 1.807) is 0 Å². The molecule has 0 saturated heterocycles. The van der Waals surface area contributed by atoms with Crippen LogP contribution in [0.15, 0.2) is 0 Å². The molecule has 0 fully saturated rings. The molecular weight excluding hydrogens is 148 g/mol. The van der Waals surface area contributed by atoms with Gasteiger partial charge in [0.05, 0.1) is 6.07 Å². The van der Waals surface area contributed by atoms with Gasteiger partial charge < -0.3 is 5.32 Å². The lowest BCUT2D eigenvalue weighted by molar-refractivity contribution is 0.650. The average Bonchev–Trinajstić information content (AvgIpc) is 1.87. The molecule has 1 atom stereocenters. The zero-order valence-electron chi connectivity index (χ0n) is 6.23. The molecule has 1 unspecified atom stereocenters. The fourth-order valence-electron chi connectivity index (χ4n) is 0.570. The zero-order valence-corrected chi connectivity index (χ0v) is 6.99. The molecule has 0 aromatic carbocycles. The third kappa shape index (κ3) is 7.74. The molecule has 0 aliphatic rings. The summed E-state index contributed by atoms with van der Waals surface area (Å²) in [4.78, 5) is 0. The van der Waals surface area contributed by atoms with Crippen molar-refractivity contribution in [3.8, 4) is 6.07 Å². The van der Waals surface area contributed by atoms with E-state index in [-0.39, 0.29) is 5.38 Å². The van der Waals surface area contributed by atoms with Crippen molar-refractivity contribution in [3.05, 3.63) is 0 Å². The summed E-state index contributed by atoms with van der Waals surface area (Å²) in [6.07, 6.45) is 1.55. The van der Waals surface area contributed by atoms with Gasteiger partial charge in [-0.25, -0.2) is 0 Å². The lowest BCUT2D eigenvalue weighted by atomic mass is 10.3. The van der Waals surface area contributed by atoms with Crippen LogP contribution in [0.2, 0.25) is 0 Å². The Morgan fingerprint density at radius 1 is 1.60 bits per heavy atom. The first-order chi connectivity index (χ1) is 4.77. The van der Waals surface area contributed by atoms with Crippen LogP contribution in [-0.2, 0) is 0 Å². The molecule has 0 heterocycles. The molecule has 58 valence electrons. The van der Waals surface area contributed by atoms with E-state index in [0.717, 1.165) is 19.5 Å². The average molecular weight is 161 g/mol. The number of hydrogen-bond donors (Lipinski definition) is 1. The van der Waals surface area contributed by atoms with Gasteiger partial charge >= 0.3 is 0 Å². The Bertz CT molecular complexity index is 107. The van der Waals surface area contributed by atoms with E-state index < -0.39 is 0 Å². The van der Waals surface area contributed by atoms with Crippen molar-refractivity contribution in [2.45, 2.75) is 25.1 Å². The second kappa shape index (κ2) is 6.85. The molecule has 0 aromatic heterocycles. The largest absolute Gasteiger partial charge is 0.316 e. The van der Waals surface area contributed by atoms with Gasteiger partial charge in [-0.2, -0.15) is 5.26 Å². The van der Waals surface area contributed by atoms with Gasteiger partial charge in [0.25, 0.3) is 0 Å². The highest BCUT2D eigenvalue weighted by Gasteiger charge is 1.93. The number of hydrogen-bond acceptors (Lipinski definition) is 2. The third-order valence-corrected chi connectivity index (χ3v) is 1.35. The fraction of sp³-hybridized carbons (Fsp3) is 0.857. The van der Waals surface area contributed by atoms with Gasteiger partial charge in [0.15, 0.2) is 0 Å². The van der Waals surface area contributed by atoms with Gasteiger partial charge in [0, 0.05) is 18.3 Å². The van der Waals surface area contributed by atoms with Crippen LogP contribution in [0.1, 0.15) is 19.8 Å². The van der Waals surface area contributed by atoms with Crippen LogP contribution < -0.4 is 5.32 Å². The summed E-state index contributed by atoms with van der Waals surface area (Å²) in [6.45, 7) is 3.65. The Labute approximate surface area is 67.2 Å². The van der Waals surface area contributed by atoms with Crippen molar-refractivity contribution in [3.63, 3.8) is 0 Å². The SMILES string of the molecule is CC(Cl)CCNCCC#N. The summed E-state index contributed by atoms with van der Waals surface area (Å²) in [5, 5.41) is 11.5. The summed E-state index contributed by atoms with van der Waals surface area (Å²) in [5.41, 5.74) is 0. The van der Waals surface area contributed by atoms with Crippen LogP contribution in [0.5, 0.6) is 0 Å². The summed E-state index contributed by atoms with van der Waals surface area (Å²) >= 11 is 5.69. The van der Waals surface area contributed by atoms with Gasteiger partial charge in [-0.3, -0.25) is 0 Å². The van der Waals surface area contributed by atoms with Gasteiger partial charge in [-0.15, -0.1) is 11.6 Å². The van der Waals surface area contributed by atoms with E-state index in [0.29, 0.717) is 6.42 Å². The molecule has 1 N–H and O–H groups in total. The predicted octanol–water partition coefficient (Wildman–Crippen LogP) is 1.51. The highest BCUT2D eigenvalue weighted by molar-refractivity contribution is 6.20. The second-order valence-corrected chi connectivity index (χ2v) is 2.97. The molecule has 0 amide bonds. The van der Waals surface area contributed by atoms with Crippen molar-refractivity contribution < 1.29 is 0 Å². The van der Waals surface area contributed by atoms with Crippen LogP contribution in [0.25, 0.3) is 0 Å². The maximum atomic E-state index is 8.16. The summed E-state index contributed by atoms with van der Waals surface area (Å²) in [6, 6.07) is 2.06. The van der Waals surface area contributed by atoms with Crippen LogP contribution >= 0.6 is 11.6 Å². The summed E-state index contributed by atoms with van der Waals surface area (Å²) in [5.74, 6) is 0. The van der Waals surface area contributed by atoms with Crippen molar-refractivity contribution >= 4 is 11.6 Å². The molecule has 0 aliphatic carbocycles. The van der Waals surface area contributed by atoms with Crippen LogP contribution in [0, 0.1) is 11.3 Å². The van der Waals surface area contributed by atoms with E-state index in [9.17, 15) is 0 Å². The molecule has 0 aliphatic heterocycles. The number of halogens is 1. The van der Waals surface area contributed by atoms with E-state index in [2.05, 4.69) is 11.4 Å². The fourth-order valence-corrected chi connectivity index (χ4v) is 0.679. The van der Waals surface area contributed by atoms with Crippen LogP contribution in [0.3, 0.4) is 0 Å². The molecule has 0 bridgehead atoms. The zero-order chi connectivity index (χ0) is 7.82. The molecule has 0 radical (unpaired) electrons. The highest BCUT2D eigenvalue weighted by atomic mass is 35.5. The first-order valence-electron chi connectivity index (χ1n) is 3.49. The van der Waals surface area contributed by atoms with E-state index >= 15 is 0 Å². The minimum absolute atomic E-state index is 0.231. The van der Waals surface area contributed by atoms with E-state index in [4.69, 9.17) is 16.9 Å². The van der Waals surface area contributed by atoms with Crippen molar-refractivity contribution in [2.75, 3.05) is 13.1 Å². The third-order valence-electron chi connectivity index (χ3n) is 1.13. The Hall–Kier alpha value is -0.260. The smallest absolute Gasteiger partial charge is 0.0635 e. The Morgan fingerprint density at radius 2 is 2.30 bits per heavy atom. The predicted molar refractivity (Wildman–Crippen MR) is 43.0 cm³/mol. The molecule has 0 saturated carbocycles. The van der Waals surface area contributed by atoms with Crippen molar-refractivity contribution in [1.82, 2.24) is 5.32 Å². The lowest BCUT2D eigenvalue weighted by Gasteiger charge is -2.02. The van der Waals surface area contributed by atoms with Gasteiger partial charge in [0.1, 0.15) is 0 Å². The first-order valence-corrected chi connectivity index (χ1v) is 3.92. The summed E-state index contributed by atoms with van der Waals surface area (Å²) < 4.78 is 0. The Morgan fingerprint density at radius 3 is 2.80 bits per heavy atom. The number of nitrogens with one attached hydrogen (secondary N) is 1. The highest BCUT2D eigenvalue weighted by Crippen LogP contribution is 1.96.